The Kier molecular flexibility index (Phi) is 8.04. The van der Waals surface area contributed by atoms with Crippen molar-refractivity contribution >= 4 is 24.0 Å². The van der Waals surface area contributed by atoms with Crippen LogP contribution in [0.4, 0.5) is 5.69 Å². The Balaban J connectivity index is 0.00000312. The van der Waals surface area contributed by atoms with Gasteiger partial charge < -0.3 is 25.3 Å². The van der Waals surface area contributed by atoms with Crippen LogP contribution in [0.15, 0.2) is 42.5 Å². The van der Waals surface area contributed by atoms with E-state index in [1.165, 1.54) is 21.3 Å². The van der Waals surface area contributed by atoms with Crippen molar-refractivity contribution in [3.05, 3.63) is 48.0 Å². The van der Waals surface area contributed by atoms with Gasteiger partial charge in [-0.15, -0.1) is 12.4 Å². The highest BCUT2D eigenvalue weighted by atomic mass is 35.5. The first-order chi connectivity index (χ1) is 11.6. The molecule has 0 saturated carbocycles. The number of amides is 1. The number of ether oxygens (including phenoxy) is 3. The van der Waals surface area contributed by atoms with Gasteiger partial charge in [0.05, 0.1) is 27.4 Å². The van der Waals surface area contributed by atoms with E-state index in [9.17, 15) is 4.79 Å². The van der Waals surface area contributed by atoms with Gasteiger partial charge in [0, 0.05) is 17.8 Å². The van der Waals surface area contributed by atoms with Gasteiger partial charge in [-0.05, 0) is 12.0 Å². The summed E-state index contributed by atoms with van der Waals surface area (Å²) >= 11 is 0. The Labute approximate surface area is 153 Å². The Hall–Kier alpha value is -2.44. The van der Waals surface area contributed by atoms with Gasteiger partial charge in [0.2, 0.25) is 11.7 Å². The molecule has 7 heteroatoms. The molecule has 0 aliphatic rings. The maximum atomic E-state index is 12.3. The number of halogens is 1. The molecule has 1 atom stereocenters. The fourth-order valence-corrected chi connectivity index (χ4v) is 2.35. The predicted molar refractivity (Wildman–Crippen MR) is 100 cm³/mol. The second-order valence-corrected chi connectivity index (χ2v) is 5.20. The summed E-state index contributed by atoms with van der Waals surface area (Å²) in [4.78, 5) is 12.3. The molecule has 0 aliphatic heterocycles. The van der Waals surface area contributed by atoms with Gasteiger partial charge in [-0.25, -0.2) is 0 Å². The molecule has 136 valence electrons. The van der Waals surface area contributed by atoms with Crippen LogP contribution in [-0.2, 0) is 11.2 Å². The third-order valence-electron chi connectivity index (χ3n) is 3.57. The number of nitrogens with one attached hydrogen (secondary N) is 1. The van der Waals surface area contributed by atoms with E-state index in [4.69, 9.17) is 19.9 Å². The van der Waals surface area contributed by atoms with Gasteiger partial charge in [0.25, 0.3) is 0 Å². The zero-order chi connectivity index (χ0) is 17.5. The molecule has 0 unspecified atom stereocenters. The Morgan fingerprint density at radius 3 is 2.08 bits per heavy atom. The minimum absolute atomic E-state index is 0. The van der Waals surface area contributed by atoms with Gasteiger partial charge >= 0.3 is 0 Å². The highest BCUT2D eigenvalue weighted by Crippen LogP contribution is 2.39. The van der Waals surface area contributed by atoms with E-state index >= 15 is 0 Å². The van der Waals surface area contributed by atoms with Gasteiger partial charge in [-0.1, -0.05) is 30.3 Å². The first-order valence-electron chi connectivity index (χ1n) is 7.49. The highest BCUT2D eigenvalue weighted by molar-refractivity contribution is 5.95. The highest BCUT2D eigenvalue weighted by Gasteiger charge is 2.18. The molecule has 0 spiro atoms. The Bertz CT molecular complexity index is 670. The summed E-state index contributed by atoms with van der Waals surface area (Å²) in [7, 11) is 4.56. The molecule has 2 aromatic carbocycles. The van der Waals surface area contributed by atoms with E-state index < -0.39 is 6.04 Å². The van der Waals surface area contributed by atoms with E-state index in [1.807, 2.05) is 30.3 Å². The van der Waals surface area contributed by atoms with E-state index in [0.717, 1.165) is 5.56 Å². The smallest absolute Gasteiger partial charge is 0.241 e. The number of rotatable bonds is 7. The standard InChI is InChI=1S/C18H22N2O4.ClH/c1-22-15-10-13(11-16(23-2)17(15)24-3)20-18(21)14(19)9-12-7-5-4-6-8-12;/h4-8,10-11,14H,9,19H2,1-3H3,(H,20,21);1H/t14-;/m0./s1. The lowest BCUT2D eigenvalue weighted by Crippen LogP contribution is -2.37. The van der Waals surface area contributed by atoms with Crippen molar-refractivity contribution in [3.63, 3.8) is 0 Å². The lowest BCUT2D eigenvalue weighted by Gasteiger charge is -2.16. The lowest BCUT2D eigenvalue weighted by molar-refractivity contribution is -0.117. The van der Waals surface area contributed by atoms with E-state index in [-0.39, 0.29) is 18.3 Å². The number of carbonyl (C=O) groups is 1. The van der Waals surface area contributed by atoms with Gasteiger partial charge in [0.1, 0.15) is 0 Å². The SMILES string of the molecule is COc1cc(NC(=O)[C@@H](N)Cc2ccccc2)cc(OC)c1OC.Cl. The van der Waals surface area contributed by atoms with Crippen LogP contribution in [0.2, 0.25) is 0 Å². The molecule has 0 bridgehead atoms. The molecule has 3 N–H and O–H groups in total. The van der Waals surface area contributed by atoms with Crippen LogP contribution in [0.25, 0.3) is 0 Å². The average molecular weight is 367 g/mol. The van der Waals surface area contributed by atoms with Crippen LogP contribution in [0.5, 0.6) is 17.2 Å². The van der Waals surface area contributed by atoms with Crippen molar-refractivity contribution in [2.24, 2.45) is 5.73 Å². The first kappa shape index (κ1) is 20.6. The zero-order valence-electron chi connectivity index (χ0n) is 14.4. The van der Waals surface area contributed by atoms with Gasteiger partial charge in [0.15, 0.2) is 11.5 Å². The summed E-state index contributed by atoms with van der Waals surface area (Å²) in [6, 6.07) is 12.3. The topological polar surface area (TPSA) is 82.8 Å². The molecule has 2 rings (SSSR count). The van der Waals surface area contributed by atoms with Gasteiger partial charge in [-0.2, -0.15) is 0 Å². The number of hydrogen-bond acceptors (Lipinski definition) is 5. The van der Waals surface area contributed by atoms with E-state index in [2.05, 4.69) is 5.32 Å². The van der Waals surface area contributed by atoms with Crippen molar-refractivity contribution < 1.29 is 19.0 Å². The normalized spacial score (nSPS) is 11.0. The van der Waals surface area contributed by atoms with Crippen LogP contribution >= 0.6 is 12.4 Å². The van der Waals surface area contributed by atoms with Crippen molar-refractivity contribution in [1.82, 2.24) is 0 Å². The largest absolute Gasteiger partial charge is 0.493 e. The third kappa shape index (κ3) is 5.27. The molecule has 0 fully saturated rings. The molecule has 0 radical (unpaired) electrons. The molecule has 25 heavy (non-hydrogen) atoms. The van der Waals surface area contributed by atoms with E-state index in [0.29, 0.717) is 29.4 Å². The average Bonchev–Trinajstić information content (AvgIpc) is 2.61. The third-order valence-corrected chi connectivity index (χ3v) is 3.57. The molecule has 0 heterocycles. The summed E-state index contributed by atoms with van der Waals surface area (Å²) in [5.41, 5.74) is 7.53. The van der Waals surface area contributed by atoms with Crippen molar-refractivity contribution in [3.8, 4) is 17.2 Å². The molecular formula is C18H23ClN2O4. The second kappa shape index (κ2) is 9.76. The first-order valence-corrected chi connectivity index (χ1v) is 7.49. The van der Waals surface area contributed by atoms with E-state index in [1.54, 1.807) is 12.1 Å². The molecule has 6 nitrogen and oxygen atoms in total. The quantitative estimate of drug-likeness (QED) is 0.787. The second-order valence-electron chi connectivity index (χ2n) is 5.20. The summed E-state index contributed by atoms with van der Waals surface area (Å²) < 4.78 is 15.8. The molecule has 2 aromatic rings. The minimum Gasteiger partial charge on any atom is -0.493 e. The number of anilines is 1. The van der Waals surface area contributed by atoms with Crippen molar-refractivity contribution in [2.45, 2.75) is 12.5 Å². The van der Waals surface area contributed by atoms with Crippen molar-refractivity contribution in [2.75, 3.05) is 26.6 Å². The molecular weight excluding hydrogens is 344 g/mol. The molecule has 1 amide bonds. The lowest BCUT2D eigenvalue weighted by atomic mass is 10.1. The Morgan fingerprint density at radius 1 is 1.04 bits per heavy atom. The van der Waals surface area contributed by atoms with Crippen LogP contribution < -0.4 is 25.3 Å². The van der Waals surface area contributed by atoms with Crippen LogP contribution in [0.1, 0.15) is 5.56 Å². The maximum absolute atomic E-state index is 12.3. The fraction of sp³-hybridized carbons (Fsp3) is 0.278. The number of hydrogen-bond donors (Lipinski definition) is 2. The van der Waals surface area contributed by atoms with Crippen LogP contribution in [0, 0.1) is 0 Å². The number of nitrogens with two attached hydrogens (primary N) is 1. The molecule has 0 aromatic heterocycles. The minimum atomic E-state index is -0.661. The van der Waals surface area contributed by atoms with Gasteiger partial charge in [-0.3, -0.25) is 4.79 Å². The summed E-state index contributed by atoms with van der Waals surface area (Å²) in [5.74, 6) is 1.10. The molecule has 0 saturated heterocycles. The summed E-state index contributed by atoms with van der Waals surface area (Å²) in [5, 5.41) is 2.78. The number of methoxy groups -OCH3 is 3. The predicted octanol–water partition coefficient (Wildman–Crippen LogP) is 2.64. The van der Waals surface area contributed by atoms with Crippen LogP contribution in [-0.4, -0.2) is 33.3 Å². The molecule has 0 aliphatic carbocycles. The summed E-state index contributed by atoms with van der Waals surface area (Å²) in [6.45, 7) is 0. The summed E-state index contributed by atoms with van der Waals surface area (Å²) in [6.07, 6.45) is 0.455. The maximum Gasteiger partial charge on any atom is 0.241 e. The Morgan fingerprint density at radius 2 is 1.60 bits per heavy atom. The number of benzene rings is 2. The number of carbonyl (C=O) groups excluding carboxylic acids is 1. The monoisotopic (exact) mass is 366 g/mol. The fourth-order valence-electron chi connectivity index (χ4n) is 2.35. The zero-order valence-corrected chi connectivity index (χ0v) is 15.3. The van der Waals surface area contributed by atoms with Crippen LogP contribution in [0.3, 0.4) is 0 Å². The van der Waals surface area contributed by atoms with Crippen molar-refractivity contribution in [1.29, 1.82) is 0 Å².